The molecule has 1 aromatic carbocycles. The number of hydrogen-bond donors (Lipinski definition) is 3. The zero-order valence-electron chi connectivity index (χ0n) is 7.04. The van der Waals surface area contributed by atoms with E-state index in [0.29, 0.717) is 10.7 Å². The third-order valence-electron chi connectivity index (χ3n) is 1.88. The molecule has 0 unspecified atom stereocenters. The van der Waals surface area contributed by atoms with Gasteiger partial charge in [0, 0.05) is 22.1 Å². The normalized spacial score (nSPS) is 10.4. The van der Waals surface area contributed by atoms with Gasteiger partial charge in [-0.15, -0.1) is 0 Å². The van der Waals surface area contributed by atoms with Gasteiger partial charge in [-0.05, 0) is 18.2 Å². The van der Waals surface area contributed by atoms with E-state index in [9.17, 15) is 4.79 Å². The lowest BCUT2D eigenvalue weighted by molar-refractivity contribution is 0.210. The van der Waals surface area contributed by atoms with Crippen LogP contribution in [0, 0.1) is 0 Å². The highest BCUT2D eigenvalue weighted by molar-refractivity contribution is 6.32. The summed E-state index contributed by atoms with van der Waals surface area (Å²) in [5, 5.41) is 12.2. The maximum atomic E-state index is 10.5. The maximum absolute atomic E-state index is 10.5. The van der Waals surface area contributed by atoms with Crippen LogP contribution in [0.1, 0.15) is 0 Å². The Morgan fingerprint density at radius 1 is 1.50 bits per heavy atom. The molecule has 0 atom stereocenters. The number of H-pyrrole nitrogens is 1. The number of rotatable bonds is 1. The summed E-state index contributed by atoms with van der Waals surface area (Å²) in [4.78, 5) is 13.4. The number of amides is 1. The minimum absolute atomic E-state index is 0.487. The molecule has 0 bridgehead atoms. The van der Waals surface area contributed by atoms with Crippen LogP contribution >= 0.6 is 11.6 Å². The number of fused-ring (bicyclic) bond motifs is 1. The van der Waals surface area contributed by atoms with Crippen molar-refractivity contribution in [3.63, 3.8) is 0 Å². The summed E-state index contributed by atoms with van der Waals surface area (Å²) in [6.07, 6.45) is 0.628. The standard InChI is InChI=1S/C9H7ClN2O2/c10-5-3-7-6(1-2-11-7)8(4-5)12-9(13)14/h1-4,11-12H,(H,13,14). The number of carbonyl (C=O) groups is 1. The molecule has 1 aromatic heterocycles. The van der Waals surface area contributed by atoms with Gasteiger partial charge in [-0.2, -0.15) is 0 Å². The molecule has 72 valence electrons. The van der Waals surface area contributed by atoms with E-state index in [1.165, 1.54) is 0 Å². The van der Waals surface area contributed by atoms with E-state index in [1.807, 2.05) is 0 Å². The SMILES string of the molecule is O=C(O)Nc1cc(Cl)cc2[nH]ccc12. The minimum atomic E-state index is -1.10. The Bertz CT molecular complexity index is 493. The first-order valence-corrected chi connectivity index (χ1v) is 4.31. The highest BCUT2D eigenvalue weighted by Crippen LogP contribution is 2.27. The van der Waals surface area contributed by atoms with Crippen LogP contribution in [0.4, 0.5) is 10.5 Å². The molecule has 2 aromatic rings. The van der Waals surface area contributed by atoms with Crippen molar-refractivity contribution in [3.05, 3.63) is 29.4 Å². The lowest BCUT2D eigenvalue weighted by atomic mass is 10.2. The summed E-state index contributed by atoms with van der Waals surface area (Å²) in [6, 6.07) is 5.10. The van der Waals surface area contributed by atoms with Gasteiger partial charge < -0.3 is 10.1 Å². The number of aromatic amines is 1. The zero-order chi connectivity index (χ0) is 10.1. The summed E-state index contributed by atoms with van der Waals surface area (Å²) in [6.45, 7) is 0. The van der Waals surface area contributed by atoms with Crippen LogP contribution < -0.4 is 5.32 Å². The molecule has 5 heteroatoms. The first kappa shape index (κ1) is 8.90. The smallest absolute Gasteiger partial charge is 0.409 e. The van der Waals surface area contributed by atoms with Crippen molar-refractivity contribution < 1.29 is 9.90 Å². The van der Waals surface area contributed by atoms with Crippen LogP contribution in [-0.4, -0.2) is 16.2 Å². The monoisotopic (exact) mass is 210 g/mol. The predicted octanol–water partition coefficient (Wildman–Crippen LogP) is 2.91. The molecule has 0 aliphatic carbocycles. The van der Waals surface area contributed by atoms with Crippen molar-refractivity contribution in [1.29, 1.82) is 0 Å². The van der Waals surface area contributed by atoms with E-state index >= 15 is 0 Å². The van der Waals surface area contributed by atoms with Gasteiger partial charge >= 0.3 is 6.09 Å². The molecule has 0 aliphatic heterocycles. The van der Waals surface area contributed by atoms with Gasteiger partial charge in [-0.25, -0.2) is 4.79 Å². The van der Waals surface area contributed by atoms with Crippen molar-refractivity contribution in [2.75, 3.05) is 5.32 Å². The topological polar surface area (TPSA) is 65.1 Å². The van der Waals surface area contributed by atoms with E-state index < -0.39 is 6.09 Å². The first-order valence-electron chi connectivity index (χ1n) is 3.93. The van der Waals surface area contributed by atoms with Gasteiger partial charge in [0.25, 0.3) is 0 Å². The Morgan fingerprint density at radius 3 is 3.00 bits per heavy atom. The van der Waals surface area contributed by atoms with E-state index in [4.69, 9.17) is 16.7 Å². The lowest BCUT2D eigenvalue weighted by Gasteiger charge is -2.03. The van der Waals surface area contributed by atoms with Gasteiger partial charge in [-0.3, -0.25) is 5.32 Å². The third-order valence-corrected chi connectivity index (χ3v) is 2.09. The Balaban J connectivity index is 2.60. The van der Waals surface area contributed by atoms with Gasteiger partial charge in [0.05, 0.1) is 5.69 Å². The Morgan fingerprint density at radius 2 is 2.29 bits per heavy atom. The predicted molar refractivity (Wildman–Crippen MR) is 55.0 cm³/mol. The van der Waals surface area contributed by atoms with E-state index in [0.717, 1.165) is 10.9 Å². The molecule has 0 saturated heterocycles. The van der Waals surface area contributed by atoms with Crippen molar-refractivity contribution in [1.82, 2.24) is 4.98 Å². The summed E-state index contributed by atoms with van der Waals surface area (Å²) in [5.74, 6) is 0. The molecule has 0 aliphatic rings. The zero-order valence-corrected chi connectivity index (χ0v) is 7.80. The Labute approximate surface area is 84.5 Å². The molecule has 1 amide bonds. The average Bonchev–Trinajstić information content (AvgIpc) is 2.50. The summed E-state index contributed by atoms with van der Waals surface area (Å²) >= 11 is 5.81. The highest BCUT2D eigenvalue weighted by atomic mass is 35.5. The van der Waals surface area contributed by atoms with Crippen LogP contribution in [0.2, 0.25) is 5.02 Å². The molecule has 1 heterocycles. The highest BCUT2D eigenvalue weighted by Gasteiger charge is 2.06. The lowest BCUT2D eigenvalue weighted by Crippen LogP contribution is -2.07. The number of halogens is 1. The maximum Gasteiger partial charge on any atom is 0.409 e. The summed E-state index contributed by atoms with van der Waals surface area (Å²) in [7, 11) is 0. The fourth-order valence-electron chi connectivity index (χ4n) is 1.35. The van der Waals surface area contributed by atoms with Gasteiger partial charge in [0.15, 0.2) is 0 Å². The number of hydrogen-bond acceptors (Lipinski definition) is 1. The van der Waals surface area contributed by atoms with Crippen molar-refractivity contribution in [2.45, 2.75) is 0 Å². The second-order valence-corrected chi connectivity index (χ2v) is 3.26. The largest absolute Gasteiger partial charge is 0.465 e. The van der Waals surface area contributed by atoms with Crippen LogP contribution in [0.25, 0.3) is 10.9 Å². The molecule has 0 saturated carbocycles. The van der Waals surface area contributed by atoms with Gasteiger partial charge in [-0.1, -0.05) is 11.6 Å². The second-order valence-electron chi connectivity index (χ2n) is 2.82. The first-order chi connectivity index (χ1) is 6.66. The van der Waals surface area contributed by atoms with Gasteiger partial charge in [0.2, 0.25) is 0 Å². The number of anilines is 1. The van der Waals surface area contributed by atoms with E-state index in [2.05, 4.69) is 10.3 Å². The second kappa shape index (κ2) is 3.23. The van der Waals surface area contributed by atoms with Crippen LogP contribution in [-0.2, 0) is 0 Å². The fourth-order valence-corrected chi connectivity index (χ4v) is 1.57. The molecule has 3 N–H and O–H groups in total. The molecule has 4 nitrogen and oxygen atoms in total. The molecular formula is C9H7ClN2O2. The van der Waals surface area contributed by atoms with Crippen molar-refractivity contribution in [3.8, 4) is 0 Å². The van der Waals surface area contributed by atoms with E-state index in [1.54, 1.807) is 24.4 Å². The summed E-state index contributed by atoms with van der Waals surface area (Å²) in [5.41, 5.74) is 1.29. The van der Waals surface area contributed by atoms with Gasteiger partial charge in [0.1, 0.15) is 0 Å². The molecular weight excluding hydrogens is 204 g/mol. The third kappa shape index (κ3) is 1.52. The van der Waals surface area contributed by atoms with E-state index in [-0.39, 0.29) is 0 Å². The quantitative estimate of drug-likeness (QED) is 0.678. The van der Waals surface area contributed by atoms with Crippen LogP contribution in [0.15, 0.2) is 24.4 Å². The average molecular weight is 211 g/mol. The molecule has 0 fully saturated rings. The van der Waals surface area contributed by atoms with Crippen molar-refractivity contribution in [2.24, 2.45) is 0 Å². The number of nitrogens with one attached hydrogen (secondary N) is 2. The number of aromatic nitrogens is 1. The number of benzene rings is 1. The fraction of sp³-hybridized carbons (Fsp3) is 0. The van der Waals surface area contributed by atoms with Crippen molar-refractivity contribution >= 4 is 34.3 Å². The Hall–Kier alpha value is -1.68. The Kier molecular flexibility index (Phi) is 2.05. The van der Waals surface area contributed by atoms with Crippen LogP contribution in [0.3, 0.4) is 0 Å². The molecule has 0 radical (unpaired) electrons. The molecule has 2 rings (SSSR count). The van der Waals surface area contributed by atoms with Crippen LogP contribution in [0.5, 0.6) is 0 Å². The number of carboxylic acid groups (broad SMARTS) is 1. The molecule has 14 heavy (non-hydrogen) atoms. The minimum Gasteiger partial charge on any atom is -0.465 e. The summed E-state index contributed by atoms with van der Waals surface area (Å²) < 4.78 is 0. The molecule has 0 spiro atoms.